The minimum Gasteiger partial charge on any atom is -0.465 e. The minimum absolute atomic E-state index is 0.223. The van der Waals surface area contributed by atoms with Gasteiger partial charge in [-0.3, -0.25) is 4.99 Å². The summed E-state index contributed by atoms with van der Waals surface area (Å²) in [5, 5.41) is 7.14. The largest absolute Gasteiger partial charge is 0.465 e. The molecule has 0 aliphatic carbocycles. The van der Waals surface area contributed by atoms with Crippen molar-refractivity contribution in [1.29, 1.82) is 0 Å². The van der Waals surface area contributed by atoms with Crippen molar-refractivity contribution in [1.82, 2.24) is 15.6 Å². The molecule has 1 aromatic heterocycles. The molecule has 0 spiro atoms. The fourth-order valence-electron chi connectivity index (χ4n) is 3.93. The van der Waals surface area contributed by atoms with Crippen molar-refractivity contribution in [3.05, 3.63) is 64.7 Å². The Morgan fingerprint density at radius 3 is 2.58 bits per heavy atom. The van der Waals surface area contributed by atoms with Gasteiger partial charge in [0.1, 0.15) is 11.7 Å². The highest BCUT2D eigenvalue weighted by Gasteiger charge is 2.50. The van der Waals surface area contributed by atoms with E-state index >= 15 is 0 Å². The summed E-state index contributed by atoms with van der Waals surface area (Å²) < 4.78 is 44.7. The molecule has 0 aliphatic heterocycles. The van der Waals surface area contributed by atoms with Crippen LogP contribution in [0.1, 0.15) is 33.5 Å². The first-order valence-corrected chi connectivity index (χ1v) is 11.9. The molecule has 2 aromatic carbocycles. The Balaban J connectivity index is 1.89. The second-order valence-electron chi connectivity index (χ2n) is 8.69. The number of carbonyl (C=O) groups is 1. The normalized spacial score (nSPS) is 12.6. The number of nitrogens with two attached hydrogens (primary N) is 2. The molecule has 12 heteroatoms. The topological polar surface area (TPSA) is 143 Å². The Labute approximate surface area is 218 Å². The monoisotopic (exact) mass is 531 g/mol. The van der Waals surface area contributed by atoms with E-state index in [1.807, 2.05) is 7.05 Å². The van der Waals surface area contributed by atoms with Gasteiger partial charge in [-0.25, -0.2) is 9.79 Å². The fourth-order valence-corrected chi connectivity index (χ4v) is 3.93. The van der Waals surface area contributed by atoms with E-state index < -0.39 is 17.8 Å². The van der Waals surface area contributed by atoms with Crippen LogP contribution in [-0.2, 0) is 16.8 Å². The average molecular weight is 532 g/mol. The Morgan fingerprint density at radius 1 is 1.16 bits per heavy atom. The van der Waals surface area contributed by atoms with Gasteiger partial charge in [0.15, 0.2) is 5.66 Å². The van der Waals surface area contributed by atoms with Crippen molar-refractivity contribution in [2.75, 3.05) is 33.8 Å². The molecule has 0 saturated heterocycles. The zero-order valence-electron chi connectivity index (χ0n) is 21.3. The Morgan fingerprint density at radius 2 is 1.92 bits per heavy atom. The van der Waals surface area contributed by atoms with Gasteiger partial charge in [0.05, 0.1) is 18.2 Å². The number of halogens is 3. The van der Waals surface area contributed by atoms with E-state index in [0.717, 1.165) is 18.4 Å². The number of ether oxygens (including phenoxy) is 1. The number of hydrogen-bond acceptors (Lipinski definition) is 7. The number of aromatic amines is 1. The van der Waals surface area contributed by atoms with Crippen molar-refractivity contribution < 1.29 is 22.7 Å². The van der Waals surface area contributed by atoms with Crippen LogP contribution < -0.4 is 22.1 Å². The SMILES string of the molecule is C=Nc1[nH]c2cc(C(=O)OC)ccc2c1C(=NCCCNC)NCCc1cccc(C(N)(N)C(F)(F)F)c1. The summed E-state index contributed by atoms with van der Waals surface area (Å²) in [6.45, 7) is 5.28. The smallest absolute Gasteiger partial charge is 0.423 e. The predicted molar refractivity (Wildman–Crippen MR) is 143 cm³/mol. The van der Waals surface area contributed by atoms with E-state index in [1.54, 1.807) is 24.3 Å². The molecule has 0 radical (unpaired) electrons. The quantitative estimate of drug-likeness (QED) is 0.0846. The second kappa shape index (κ2) is 12.2. The number of nitrogens with one attached hydrogen (secondary N) is 3. The number of methoxy groups -OCH3 is 1. The molecule has 0 aliphatic rings. The van der Waals surface area contributed by atoms with Crippen LogP contribution in [0.5, 0.6) is 0 Å². The van der Waals surface area contributed by atoms with Crippen LogP contribution >= 0.6 is 0 Å². The number of aromatic nitrogens is 1. The molecule has 0 atom stereocenters. The van der Waals surface area contributed by atoms with Crippen molar-refractivity contribution in [3.8, 4) is 0 Å². The highest BCUT2D eigenvalue weighted by atomic mass is 19.4. The molecular formula is C26H32F3N7O2. The molecule has 0 fully saturated rings. The van der Waals surface area contributed by atoms with Crippen LogP contribution in [-0.4, -0.2) is 63.5 Å². The average Bonchev–Trinajstić information content (AvgIpc) is 3.27. The van der Waals surface area contributed by atoms with E-state index in [-0.39, 0.29) is 5.56 Å². The van der Waals surface area contributed by atoms with Crippen LogP contribution in [0, 0.1) is 0 Å². The van der Waals surface area contributed by atoms with Gasteiger partial charge in [0.25, 0.3) is 0 Å². The van der Waals surface area contributed by atoms with Crippen LogP contribution in [0.3, 0.4) is 0 Å². The Bertz CT molecular complexity index is 1320. The maximum absolute atomic E-state index is 13.3. The molecule has 0 unspecified atom stereocenters. The summed E-state index contributed by atoms with van der Waals surface area (Å²) in [6, 6.07) is 10.9. The molecule has 3 aromatic rings. The first-order chi connectivity index (χ1) is 18.0. The number of benzene rings is 2. The maximum atomic E-state index is 13.3. The van der Waals surface area contributed by atoms with E-state index in [0.29, 0.717) is 53.4 Å². The third-order valence-electron chi connectivity index (χ3n) is 6.03. The van der Waals surface area contributed by atoms with Gasteiger partial charge in [-0.1, -0.05) is 30.3 Å². The van der Waals surface area contributed by atoms with Crippen molar-refractivity contribution in [2.24, 2.45) is 21.5 Å². The first kappa shape index (κ1) is 28.8. The predicted octanol–water partition coefficient (Wildman–Crippen LogP) is 3.11. The van der Waals surface area contributed by atoms with Crippen molar-refractivity contribution in [3.63, 3.8) is 0 Å². The van der Waals surface area contributed by atoms with E-state index in [4.69, 9.17) is 21.2 Å². The number of aliphatic imine (C=N–C) groups is 2. The molecular weight excluding hydrogens is 499 g/mol. The molecule has 0 amide bonds. The number of nitrogens with zero attached hydrogens (tertiary/aromatic N) is 2. The maximum Gasteiger partial charge on any atom is 0.423 e. The number of esters is 1. The highest BCUT2D eigenvalue weighted by Crippen LogP contribution is 2.33. The lowest BCUT2D eigenvalue weighted by Crippen LogP contribution is -2.57. The third-order valence-corrected chi connectivity index (χ3v) is 6.03. The highest BCUT2D eigenvalue weighted by molar-refractivity contribution is 6.14. The molecule has 7 N–H and O–H groups in total. The van der Waals surface area contributed by atoms with Crippen molar-refractivity contribution >= 4 is 35.2 Å². The van der Waals surface area contributed by atoms with Gasteiger partial charge in [0.2, 0.25) is 0 Å². The zero-order valence-corrected chi connectivity index (χ0v) is 21.3. The number of H-pyrrole nitrogens is 1. The summed E-state index contributed by atoms with van der Waals surface area (Å²) in [5.74, 6) is 0.533. The number of carbonyl (C=O) groups excluding carboxylic acids is 1. The van der Waals surface area contributed by atoms with Crippen molar-refractivity contribution in [2.45, 2.75) is 24.7 Å². The summed E-state index contributed by atoms with van der Waals surface area (Å²) in [4.78, 5) is 24.0. The number of rotatable bonds is 11. The number of amidine groups is 1. The summed E-state index contributed by atoms with van der Waals surface area (Å²) in [5.41, 5.74) is 9.93. The van der Waals surface area contributed by atoms with Gasteiger partial charge in [-0.05, 0) is 56.4 Å². The minimum atomic E-state index is -4.80. The summed E-state index contributed by atoms with van der Waals surface area (Å²) >= 11 is 0. The van der Waals surface area contributed by atoms with E-state index in [2.05, 4.69) is 27.3 Å². The standard InChI is InChI=1S/C26H32F3N7O2/c1-32-11-5-12-34-23(21-19-9-8-17(24(37)38-3)15-20(19)36-22(21)33-2)35-13-10-16-6-4-7-18(14-16)25(30,31)26(27,28)29/h4,6-9,14-15,32,36H,2,5,10-13,30-31H2,1,3H3,(H,34,35). The zero-order chi connectivity index (χ0) is 27.9. The van der Waals surface area contributed by atoms with Gasteiger partial charge in [-0.15, -0.1) is 0 Å². The van der Waals surface area contributed by atoms with Crippen LogP contribution in [0.15, 0.2) is 52.4 Å². The molecule has 1 heterocycles. The lowest BCUT2D eigenvalue weighted by molar-refractivity contribution is -0.188. The summed E-state index contributed by atoms with van der Waals surface area (Å²) in [7, 11) is 3.16. The molecule has 0 bridgehead atoms. The van der Waals surface area contributed by atoms with Gasteiger partial charge >= 0.3 is 12.1 Å². The Kier molecular flexibility index (Phi) is 9.26. The van der Waals surface area contributed by atoms with Gasteiger partial charge < -0.3 is 31.8 Å². The molecule has 204 valence electrons. The van der Waals surface area contributed by atoms with Gasteiger partial charge in [0, 0.05) is 24.0 Å². The van der Waals surface area contributed by atoms with Gasteiger partial charge in [-0.2, -0.15) is 13.2 Å². The molecule has 0 saturated carbocycles. The third kappa shape index (κ3) is 6.39. The summed E-state index contributed by atoms with van der Waals surface area (Å²) in [6.07, 6.45) is -3.64. The fraction of sp³-hybridized carbons (Fsp3) is 0.346. The lowest BCUT2D eigenvalue weighted by Gasteiger charge is -2.28. The lowest BCUT2D eigenvalue weighted by atomic mass is 9.97. The first-order valence-electron chi connectivity index (χ1n) is 11.9. The number of alkyl halides is 3. The van der Waals surface area contributed by atoms with Crippen LogP contribution in [0.25, 0.3) is 10.9 Å². The number of fused-ring (bicyclic) bond motifs is 1. The van der Waals surface area contributed by atoms with Crippen LogP contribution in [0.4, 0.5) is 19.0 Å². The van der Waals surface area contributed by atoms with E-state index in [1.165, 1.54) is 25.3 Å². The second-order valence-corrected chi connectivity index (χ2v) is 8.69. The van der Waals surface area contributed by atoms with Crippen LogP contribution in [0.2, 0.25) is 0 Å². The molecule has 9 nitrogen and oxygen atoms in total. The number of hydrogen-bond donors (Lipinski definition) is 5. The Hall–Kier alpha value is -3.74. The van der Waals surface area contributed by atoms with E-state index in [9.17, 15) is 18.0 Å². The molecule has 38 heavy (non-hydrogen) atoms. The molecule has 3 rings (SSSR count).